The zero-order chi connectivity index (χ0) is 11.5. The molecule has 3 atom stereocenters. The molecule has 3 unspecified atom stereocenters. The fourth-order valence-corrected chi connectivity index (χ4v) is 5.77. The summed E-state index contributed by atoms with van der Waals surface area (Å²) in [6, 6.07) is 0. The van der Waals surface area contributed by atoms with Gasteiger partial charge in [-0.2, -0.15) is 11.8 Å². The van der Waals surface area contributed by atoms with Crippen LogP contribution >= 0.6 is 34.9 Å². The Labute approximate surface area is 110 Å². The van der Waals surface area contributed by atoms with Crippen molar-refractivity contribution in [2.24, 2.45) is 0 Å². The molecule has 2 rings (SSSR count). The van der Waals surface area contributed by atoms with Gasteiger partial charge in [-0.3, -0.25) is 0 Å². The zero-order valence-electron chi connectivity index (χ0n) is 9.90. The van der Waals surface area contributed by atoms with Crippen molar-refractivity contribution in [3.8, 4) is 0 Å². The normalized spacial score (nSPS) is 30.6. The highest BCUT2D eigenvalue weighted by Gasteiger charge is 2.28. The quantitative estimate of drug-likeness (QED) is 0.915. The number of rotatable bonds is 3. The molecule has 1 aliphatic heterocycles. The topological polar surface area (TPSA) is 24.9 Å². The van der Waals surface area contributed by atoms with Crippen LogP contribution < -0.4 is 5.32 Å². The van der Waals surface area contributed by atoms with E-state index in [-0.39, 0.29) is 0 Å². The van der Waals surface area contributed by atoms with Crippen molar-refractivity contribution in [3.05, 3.63) is 16.1 Å². The summed E-state index contributed by atoms with van der Waals surface area (Å²) in [5.74, 6) is 1.21. The van der Waals surface area contributed by atoms with Crippen LogP contribution in [-0.2, 0) is 6.54 Å². The van der Waals surface area contributed by atoms with Gasteiger partial charge in [-0.05, 0) is 7.05 Å². The van der Waals surface area contributed by atoms with Gasteiger partial charge in [0.05, 0.1) is 5.25 Å². The molecule has 0 amide bonds. The van der Waals surface area contributed by atoms with Crippen molar-refractivity contribution in [1.29, 1.82) is 0 Å². The molecule has 2 nitrogen and oxygen atoms in total. The van der Waals surface area contributed by atoms with Crippen LogP contribution in [0.1, 0.15) is 29.0 Å². The van der Waals surface area contributed by atoms with Gasteiger partial charge in [-0.15, -0.1) is 23.1 Å². The van der Waals surface area contributed by atoms with E-state index < -0.39 is 0 Å². The molecule has 0 radical (unpaired) electrons. The minimum atomic E-state index is 0.604. The van der Waals surface area contributed by atoms with E-state index >= 15 is 0 Å². The molecule has 1 fully saturated rings. The van der Waals surface area contributed by atoms with Crippen LogP contribution in [0.4, 0.5) is 0 Å². The molecule has 0 saturated carbocycles. The van der Waals surface area contributed by atoms with Crippen LogP contribution in [-0.4, -0.2) is 28.3 Å². The molecule has 1 N–H and O–H groups in total. The third kappa shape index (κ3) is 2.94. The van der Waals surface area contributed by atoms with Gasteiger partial charge in [0, 0.05) is 33.9 Å². The van der Waals surface area contributed by atoms with E-state index in [1.165, 1.54) is 15.6 Å². The van der Waals surface area contributed by atoms with E-state index in [1.807, 2.05) is 24.6 Å². The Balaban J connectivity index is 2.01. The number of hydrogen-bond donors (Lipinski definition) is 1. The molecule has 16 heavy (non-hydrogen) atoms. The van der Waals surface area contributed by atoms with Crippen molar-refractivity contribution in [3.63, 3.8) is 0 Å². The monoisotopic (exact) mass is 274 g/mol. The molecule has 1 aromatic heterocycles. The Hall–Kier alpha value is 0.290. The van der Waals surface area contributed by atoms with E-state index in [1.54, 1.807) is 0 Å². The Bertz CT molecular complexity index is 340. The molecular formula is C11H18N2S3. The third-order valence-electron chi connectivity index (χ3n) is 2.75. The number of hydrogen-bond acceptors (Lipinski definition) is 5. The first-order valence-corrected chi connectivity index (χ1v) is 8.37. The molecule has 0 aliphatic carbocycles. The molecule has 1 aliphatic rings. The Morgan fingerprint density at radius 1 is 1.44 bits per heavy atom. The molecule has 2 heterocycles. The Kier molecular flexibility index (Phi) is 4.58. The maximum absolute atomic E-state index is 4.56. The summed E-state index contributed by atoms with van der Waals surface area (Å²) < 4.78 is 0. The molecule has 1 saturated heterocycles. The average Bonchev–Trinajstić information content (AvgIpc) is 2.71. The van der Waals surface area contributed by atoms with Gasteiger partial charge in [0.15, 0.2) is 0 Å². The standard InChI is InChI=1S/C11H18N2S3/c1-7-8(2)15-10(6-14-7)11-13-5-9(16-11)4-12-3/h5,7-8,10,12H,4,6H2,1-3H3. The molecule has 0 spiro atoms. The smallest absolute Gasteiger partial charge is 0.107 e. The predicted octanol–water partition coefficient (Wildman–Crippen LogP) is 3.16. The van der Waals surface area contributed by atoms with E-state index in [4.69, 9.17) is 0 Å². The van der Waals surface area contributed by atoms with Gasteiger partial charge < -0.3 is 5.32 Å². The summed E-state index contributed by atoms with van der Waals surface area (Å²) in [4.78, 5) is 5.90. The summed E-state index contributed by atoms with van der Waals surface area (Å²) in [7, 11) is 1.98. The van der Waals surface area contributed by atoms with Crippen LogP contribution in [0.25, 0.3) is 0 Å². The number of thioether (sulfide) groups is 2. The average molecular weight is 274 g/mol. The lowest BCUT2D eigenvalue weighted by molar-refractivity contribution is 0.829. The van der Waals surface area contributed by atoms with E-state index in [0.29, 0.717) is 5.25 Å². The molecule has 0 bridgehead atoms. The van der Waals surface area contributed by atoms with E-state index in [9.17, 15) is 0 Å². The van der Waals surface area contributed by atoms with Crippen LogP contribution in [0.5, 0.6) is 0 Å². The van der Waals surface area contributed by atoms with Crippen molar-refractivity contribution in [2.75, 3.05) is 12.8 Å². The van der Waals surface area contributed by atoms with E-state index in [0.717, 1.165) is 17.0 Å². The van der Waals surface area contributed by atoms with Gasteiger partial charge in [0.1, 0.15) is 5.01 Å². The lowest BCUT2D eigenvalue weighted by Gasteiger charge is -2.30. The highest BCUT2D eigenvalue weighted by atomic mass is 32.2. The van der Waals surface area contributed by atoms with Gasteiger partial charge in [0.25, 0.3) is 0 Å². The summed E-state index contributed by atoms with van der Waals surface area (Å²) in [5, 5.41) is 6.60. The summed E-state index contributed by atoms with van der Waals surface area (Å²) in [6.45, 7) is 5.59. The van der Waals surface area contributed by atoms with Gasteiger partial charge in [0.2, 0.25) is 0 Å². The summed E-state index contributed by atoms with van der Waals surface area (Å²) in [5.41, 5.74) is 0. The fourth-order valence-electron chi connectivity index (χ4n) is 1.64. The van der Waals surface area contributed by atoms with Crippen molar-refractivity contribution < 1.29 is 0 Å². The molecule has 5 heteroatoms. The second-order valence-electron chi connectivity index (χ2n) is 4.06. The first kappa shape index (κ1) is 12.7. The predicted molar refractivity (Wildman–Crippen MR) is 76.6 cm³/mol. The molecule has 1 aromatic rings. The van der Waals surface area contributed by atoms with Crippen molar-refractivity contribution >= 4 is 34.9 Å². The van der Waals surface area contributed by atoms with E-state index in [2.05, 4.69) is 47.7 Å². The first-order chi connectivity index (χ1) is 7.70. The van der Waals surface area contributed by atoms with Crippen LogP contribution in [0.3, 0.4) is 0 Å². The number of nitrogens with zero attached hydrogens (tertiary/aromatic N) is 1. The largest absolute Gasteiger partial charge is 0.315 e. The molecule has 90 valence electrons. The lowest BCUT2D eigenvalue weighted by Crippen LogP contribution is -2.21. The Morgan fingerprint density at radius 3 is 2.94 bits per heavy atom. The SMILES string of the molecule is CNCc1cnc(C2CSC(C)C(C)S2)s1. The maximum atomic E-state index is 4.56. The lowest BCUT2D eigenvalue weighted by atomic mass is 10.4. The maximum Gasteiger partial charge on any atom is 0.107 e. The highest BCUT2D eigenvalue weighted by molar-refractivity contribution is 8.07. The highest BCUT2D eigenvalue weighted by Crippen LogP contribution is 2.45. The third-order valence-corrected chi connectivity index (χ3v) is 7.41. The minimum absolute atomic E-state index is 0.604. The van der Waals surface area contributed by atoms with Gasteiger partial charge >= 0.3 is 0 Å². The van der Waals surface area contributed by atoms with Crippen LogP contribution in [0.15, 0.2) is 6.20 Å². The van der Waals surface area contributed by atoms with Crippen molar-refractivity contribution in [2.45, 2.75) is 36.1 Å². The summed E-state index contributed by atoms with van der Waals surface area (Å²) >= 11 is 6.03. The summed E-state index contributed by atoms with van der Waals surface area (Å²) in [6.07, 6.45) is 2.02. The van der Waals surface area contributed by atoms with Gasteiger partial charge in [-0.25, -0.2) is 4.98 Å². The second-order valence-corrected chi connectivity index (χ2v) is 8.21. The van der Waals surface area contributed by atoms with Crippen LogP contribution in [0.2, 0.25) is 0 Å². The number of nitrogens with one attached hydrogen (secondary N) is 1. The van der Waals surface area contributed by atoms with Crippen LogP contribution in [0, 0.1) is 0 Å². The Morgan fingerprint density at radius 2 is 2.25 bits per heavy atom. The number of thiazole rings is 1. The molecular weight excluding hydrogens is 256 g/mol. The van der Waals surface area contributed by atoms with Gasteiger partial charge in [-0.1, -0.05) is 13.8 Å². The second kappa shape index (κ2) is 5.76. The first-order valence-electron chi connectivity index (χ1n) is 5.57. The minimum Gasteiger partial charge on any atom is -0.315 e. The van der Waals surface area contributed by atoms with Crippen molar-refractivity contribution in [1.82, 2.24) is 10.3 Å². The molecule has 0 aromatic carbocycles. The zero-order valence-corrected chi connectivity index (χ0v) is 12.3. The number of aromatic nitrogens is 1. The fraction of sp³-hybridized carbons (Fsp3) is 0.727.